The molecular weight excluding hydrogens is 171 g/mol. The van der Waals surface area contributed by atoms with Crippen LogP contribution in [0.1, 0.15) is 0 Å². The molecule has 12 heavy (non-hydrogen) atoms. The molecule has 0 amide bonds. The predicted octanol–water partition coefficient (Wildman–Crippen LogP) is -2.40. The van der Waals surface area contributed by atoms with Crippen molar-refractivity contribution in [1.82, 2.24) is 0 Å². The number of alkyl halides is 1. The predicted molar refractivity (Wildman–Crippen MR) is 36.1 cm³/mol. The van der Waals surface area contributed by atoms with E-state index in [0.717, 1.165) is 0 Å². The van der Waals surface area contributed by atoms with Crippen molar-refractivity contribution >= 4 is 6.29 Å². The molecule has 0 rings (SSSR count). The molecule has 0 bridgehead atoms. The number of rotatable bonds is 5. The van der Waals surface area contributed by atoms with Crippen molar-refractivity contribution in [2.45, 2.75) is 24.5 Å². The molecule has 5 nitrogen and oxygen atoms in total. The smallest absolute Gasteiger partial charge is 0.157 e. The van der Waals surface area contributed by atoms with Gasteiger partial charge in [0.1, 0.15) is 18.3 Å². The second kappa shape index (κ2) is 5.15. The van der Waals surface area contributed by atoms with E-state index in [0.29, 0.717) is 0 Å². The number of halogens is 1. The molecule has 0 saturated carbocycles. The highest BCUT2D eigenvalue weighted by Crippen LogP contribution is 2.07. The van der Waals surface area contributed by atoms with E-state index in [1.807, 2.05) is 0 Å². The van der Waals surface area contributed by atoms with Crippen LogP contribution in [0.25, 0.3) is 0 Å². The van der Waals surface area contributed by atoms with Crippen LogP contribution in [0.5, 0.6) is 0 Å². The van der Waals surface area contributed by atoms with Gasteiger partial charge < -0.3 is 25.2 Å². The Hall–Kier alpha value is -0.560. The first-order chi connectivity index (χ1) is 5.54. The molecule has 0 unspecified atom stereocenters. The highest BCUT2D eigenvalue weighted by atomic mass is 19.1. The van der Waals surface area contributed by atoms with Crippen LogP contribution < -0.4 is 0 Å². The second-order valence-electron chi connectivity index (χ2n) is 2.31. The van der Waals surface area contributed by atoms with Gasteiger partial charge in [-0.2, -0.15) is 0 Å². The van der Waals surface area contributed by atoms with E-state index in [-0.39, 0.29) is 6.29 Å². The maximum atomic E-state index is 12.6. The zero-order chi connectivity index (χ0) is 9.72. The molecule has 0 aromatic carbocycles. The third kappa shape index (κ3) is 2.82. The van der Waals surface area contributed by atoms with Crippen molar-refractivity contribution in [3.63, 3.8) is 0 Å². The first kappa shape index (κ1) is 11.4. The summed E-state index contributed by atoms with van der Waals surface area (Å²) in [7, 11) is 0. The van der Waals surface area contributed by atoms with E-state index in [9.17, 15) is 9.18 Å². The summed E-state index contributed by atoms with van der Waals surface area (Å²) in [4.78, 5) is 9.84. The summed E-state index contributed by atoms with van der Waals surface area (Å²) in [6, 6.07) is 0. The standard InChI is InChI=1S/C6H11FO5/c7-5(3(10)1-8)6(12)4(11)2-9/h2-6,8,10-12H,1H2/t3-,4+,5-,6+/m0/s1. The summed E-state index contributed by atoms with van der Waals surface area (Å²) >= 11 is 0. The average molecular weight is 182 g/mol. The molecule has 0 radical (unpaired) electrons. The highest BCUT2D eigenvalue weighted by Gasteiger charge is 2.31. The maximum Gasteiger partial charge on any atom is 0.157 e. The van der Waals surface area contributed by atoms with E-state index < -0.39 is 31.1 Å². The van der Waals surface area contributed by atoms with Crippen LogP contribution in [-0.2, 0) is 4.79 Å². The normalized spacial score (nSPS) is 21.1. The Kier molecular flexibility index (Phi) is 4.91. The zero-order valence-electron chi connectivity index (χ0n) is 6.17. The number of aliphatic hydroxyl groups excluding tert-OH is 4. The molecule has 4 atom stereocenters. The number of aldehydes is 1. The minimum atomic E-state index is -2.24. The monoisotopic (exact) mass is 182 g/mol. The lowest BCUT2D eigenvalue weighted by molar-refractivity contribution is -0.127. The molecule has 0 aliphatic heterocycles. The lowest BCUT2D eigenvalue weighted by Crippen LogP contribution is -2.43. The fourth-order valence-electron chi connectivity index (χ4n) is 0.597. The van der Waals surface area contributed by atoms with Crippen LogP contribution in [0.2, 0.25) is 0 Å². The van der Waals surface area contributed by atoms with Crippen LogP contribution in [0.4, 0.5) is 4.39 Å². The van der Waals surface area contributed by atoms with Gasteiger partial charge >= 0.3 is 0 Å². The number of carbonyl (C=O) groups is 1. The topological polar surface area (TPSA) is 98.0 Å². The number of hydrogen-bond donors (Lipinski definition) is 4. The number of hydrogen-bond acceptors (Lipinski definition) is 5. The second-order valence-corrected chi connectivity index (χ2v) is 2.31. The van der Waals surface area contributed by atoms with E-state index >= 15 is 0 Å². The van der Waals surface area contributed by atoms with Crippen molar-refractivity contribution in [2.75, 3.05) is 6.61 Å². The minimum Gasteiger partial charge on any atom is -0.394 e. The van der Waals surface area contributed by atoms with Crippen LogP contribution in [0.3, 0.4) is 0 Å². The molecule has 0 fully saturated rings. The fourth-order valence-corrected chi connectivity index (χ4v) is 0.597. The molecular formula is C6H11FO5. The van der Waals surface area contributed by atoms with Crippen molar-refractivity contribution in [1.29, 1.82) is 0 Å². The summed E-state index contributed by atoms with van der Waals surface area (Å²) in [5.41, 5.74) is 0. The molecule has 0 aliphatic rings. The van der Waals surface area contributed by atoms with Crippen molar-refractivity contribution in [3.8, 4) is 0 Å². The van der Waals surface area contributed by atoms with Crippen LogP contribution in [0, 0.1) is 0 Å². The van der Waals surface area contributed by atoms with Gasteiger partial charge in [0.05, 0.1) is 6.61 Å². The summed E-state index contributed by atoms with van der Waals surface area (Å²) < 4.78 is 12.6. The molecule has 0 spiro atoms. The van der Waals surface area contributed by atoms with Gasteiger partial charge in [-0.15, -0.1) is 0 Å². The Morgan fingerprint density at radius 1 is 1.33 bits per heavy atom. The zero-order valence-corrected chi connectivity index (χ0v) is 6.17. The molecule has 6 heteroatoms. The Balaban J connectivity index is 4.07. The van der Waals surface area contributed by atoms with Crippen LogP contribution in [0.15, 0.2) is 0 Å². The van der Waals surface area contributed by atoms with E-state index in [4.69, 9.17) is 20.4 Å². The Morgan fingerprint density at radius 2 is 1.83 bits per heavy atom. The van der Waals surface area contributed by atoms with Crippen LogP contribution >= 0.6 is 0 Å². The van der Waals surface area contributed by atoms with Crippen molar-refractivity contribution in [3.05, 3.63) is 0 Å². The summed E-state index contributed by atoms with van der Waals surface area (Å²) in [5.74, 6) is 0. The van der Waals surface area contributed by atoms with Gasteiger partial charge in [0, 0.05) is 0 Å². The fraction of sp³-hybridized carbons (Fsp3) is 0.833. The molecule has 0 aromatic heterocycles. The average Bonchev–Trinajstić information content (AvgIpc) is 2.12. The molecule has 72 valence electrons. The lowest BCUT2D eigenvalue weighted by Gasteiger charge is -2.20. The van der Waals surface area contributed by atoms with Crippen LogP contribution in [-0.4, -0.2) is 57.8 Å². The van der Waals surface area contributed by atoms with Gasteiger partial charge in [0.2, 0.25) is 0 Å². The van der Waals surface area contributed by atoms with Gasteiger partial charge in [-0.3, -0.25) is 0 Å². The molecule has 4 N–H and O–H groups in total. The third-order valence-electron chi connectivity index (χ3n) is 1.37. The van der Waals surface area contributed by atoms with E-state index in [2.05, 4.69) is 0 Å². The summed E-state index contributed by atoms with van der Waals surface area (Å²) in [6.07, 6.45) is -7.99. The molecule has 0 aromatic rings. The van der Waals surface area contributed by atoms with Gasteiger partial charge in [0.25, 0.3) is 0 Å². The van der Waals surface area contributed by atoms with Crippen molar-refractivity contribution in [2.24, 2.45) is 0 Å². The lowest BCUT2D eigenvalue weighted by atomic mass is 10.1. The summed E-state index contributed by atoms with van der Waals surface area (Å²) in [5, 5.41) is 34.2. The van der Waals surface area contributed by atoms with E-state index in [1.165, 1.54) is 0 Å². The highest BCUT2D eigenvalue weighted by molar-refractivity contribution is 5.56. The SMILES string of the molecule is O=C[C@@H](O)[C@@H](O)[C@@H](F)[C@@H](O)CO. The Bertz CT molecular complexity index is 142. The molecule has 0 aliphatic carbocycles. The number of aliphatic hydroxyl groups is 4. The quantitative estimate of drug-likeness (QED) is 0.355. The molecule has 0 saturated heterocycles. The first-order valence-electron chi connectivity index (χ1n) is 3.29. The minimum absolute atomic E-state index is 0.0542. The number of carbonyl (C=O) groups excluding carboxylic acids is 1. The maximum absolute atomic E-state index is 12.6. The van der Waals surface area contributed by atoms with Gasteiger partial charge in [-0.1, -0.05) is 0 Å². The van der Waals surface area contributed by atoms with Gasteiger partial charge in [-0.25, -0.2) is 4.39 Å². The Morgan fingerprint density at radius 3 is 2.17 bits per heavy atom. The first-order valence-corrected chi connectivity index (χ1v) is 3.29. The largest absolute Gasteiger partial charge is 0.394 e. The summed E-state index contributed by atoms with van der Waals surface area (Å²) in [6.45, 7) is -0.885. The van der Waals surface area contributed by atoms with Gasteiger partial charge in [-0.05, 0) is 0 Å². The molecule has 0 heterocycles. The third-order valence-corrected chi connectivity index (χ3v) is 1.37. The Labute approximate surface area is 68.1 Å². The van der Waals surface area contributed by atoms with Crippen molar-refractivity contribution < 1.29 is 29.6 Å². The van der Waals surface area contributed by atoms with Gasteiger partial charge in [0.15, 0.2) is 12.5 Å². The van der Waals surface area contributed by atoms with E-state index in [1.54, 1.807) is 0 Å².